The van der Waals surface area contributed by atoms with E-state index in [-0.39, 0.29) is 17.5 Å². The van der Waals surface area contributed by atoms with E-state index in [2.05, 4.69) is 49.0 Å². The van der Waals surface area contributed by atoms with Gasteiger partial charge in [0.25, 0.3) is 0 Å². The maximum absolute atomic E-state index is 13.7. The molecule has 2 fully saturated rings. The first kappa shape index (κ1) is 30.4. The monoisotopic (exact) mass is 618 g/mol. The van der Waals surface area contributed by atoms with Gasteiger partial charge in [0, 0.05) is 62.4 Å². The van der Waals surface area contributed by atoms with Crippen LogP contribution in [0.5, 0.6) is 5.75 Å². The quantitative estimate of drug-likeness (QED) is 0.245. The molecule has 2 aliphatic heterocycles. The molecule has 0 unspecified atom stereocenters. The highest BCUT2D eigenvalue weighted by molar-refractivity contribution is 6.02. The van der Waals surface area contributed by atoms with Gasteiger partial charge in [-0.15, -0.1) is 0 Å². The van der Waals surface area contributed by atoms with Crippen molar-refractivity contribution in [1.29, 1.82) is 0 Å². The minimum absolute atomic E-state index is 0.0716. The molecular weight excluding hydrogens is 582 g/mol. The minimum Gasteiger partial charge on any atom is -0.433 e. The Kier molecular flexibility index (Phi) is 8.90. The number of aromatic nitrogens is 4. The van der Waals surface area contributed by atoms with E-state index in [9.17, 15) is 13.6 Å². The lowest BCUT2D eigenvalue weighted by molar-refractivity contribution is -0.111. The van der Waals surface area contributed by atoms with Gasteiger partial charge in [0.15, 0.2) is 5.75 Å². The van der Waals surface area contributed by atoms with E-state index < -0.39 is 12.5 Å². The van der Waals surface area contributed by atoms with Crippen molar-refractivity contribution in [2.24, 2.45) is 7.05 Å². The summed E-state index contributed by atoms with van der Waals surface area (Å²) in [5.41, 5.74) is 3.70. The third-order valence-corrected chi connectivity index (χ3v) is 8.32. The standard InChI is InChI=1S/C32H36F2N8O3/c1-4-31(43)39-25-14-26(38-30-15-24(35-19-36-30)21-5-6-27-22(13-21)17-37-40(27)3)29(45-32(33)34)16-28(25)41-9-7-23(8-10-41)42-11-12-44-20(2)18-42/h4-6,13-17,19-20,23,32H,1,7-12,18H2,2-3H3,(H,39,43)(H,35,36,38)/t20-/m1/s1. The Labute approximate surface area is 259 Å². The summed E-state index contributed by atoms with van der Waals surface area (Å²) in [4.78, 5) is 25.8. The normalized spacial score (nSPS) is 17.9. The predicted molar refractivity (Wildman–Crippen MR) is 169 cm³/mol. The molecule has 4 aromatic rings. The second-order valence-electron chi connectivity index (χ2n) is 11.3. The topological polar surface area (TPSA) is 110 Å². The first-order valence-corrected chi connectivity index (χ1v) is 15.0. The van der Waals surface area contributed by atoms with Gasteiger partial charge in [-0.2, -0.15) is 13.9 Å². The highest BCUT2D eigenvalue weighted by Crippen LogP contribution is 2.40. The van der Waals surface area contributed by atoms with Gasteiger partial charge in [0.2, 0.25) is 5.91 Å². The number of benzene rings is 2. The molecule has 2 N–H and O–H groups in total. The number of rotatable bonds is 9. The van der Waals surface area contributed by atoms with Crippen molar-refractivity contribution in [3.8, 4) is 17.0 Å². The van der Waals surface area contributed by atoms with Crippen molar-refractivity contribution in [2.75, 3.05) is 48.3 Å². The number of aryl methyl sites for hydroxylation is 1. The number of halogens is 2. The van der Waals surface area contributed by atoms with Crippen LogP contribution in [0.2, 0.25) is 0 Å². The zero-order valence-corrected chi connectivity index (χ0v) is 25.2. The average molecular weight is 619 g/mol. The molecule has 236 valence electrons. The van der Waals surface area contributed by atoms with E-state index in [0.717, 1.165) is 49.0 Å². The number of piperidine rings is 1. The number of fused-ring (bicyclic) bond motifs is 1. The number of nitrogens with one attached hydrogen (secondary N) is 2. The van der Waals surface area contributed by atoms with Gasteiger partial charge in [-0.25, -0.2) is 9.97 Å². The number of nitrogens with zero attached hydrogens (tertiary/aromatic N) is 6. The summed E-state index contributed by atoms with van der Waals surface area (Å²) in [7, 11) is 1.87. The molecule has 2 aromatic carbocycles. The highest BCUT2D eigenvalue weighted by Gasteiger charge is 2.29. The third kappa shape index (κ3) is 6.89. The summed E-state index contributed by atoms with van der Waals surface area (Å²) < 4.78 is 39.9. The molecule has 0 radical (unpaired) electrons. The first-order valence-electron chi connectivity index (χ1n) is 15.0. The Balaban J connectivity index is 1.29. The number of alkyl halides is 2. The van der Waals surface area contributed by atoms with E-state index >= 15 is 0 Å². The van der Waals surface area contributed by atoms with Crippen molar-refractivity contribution in [1.82, 2.24) is 24.6 Å². The fraction of sp³-hybridized carbons (Fsp3) is 0.375. The molecule has 13 heteroatoms. The van der Waals surface area contributed by atoms with Crippen LogP contribution in [-0.2, 0) is 16.6 Å². The average Bonchev–Trinajstić information content (AvgIpc) is 3.41. The Morgan fingerprint density at radius 3 is 2.71 bits per heavy atom. The van der Waals surface area contributed by atoms with Crippen molar-refractivity contribution >= 4 is 39.7 Å². The summed E-state index contributed by atoms with van der Waals surface area (Å²) in [6, 6.07) is 11.1. The van der Waals surface area contributed by atoms with Gasteiger partial charge in [0.05, 0.1) is 47.2 Å². The molecule has 1 amide bonds. The number of carbonyl (C=O) groups excluding carboxylic acids is 1. The summed E-state index contributed by atoms with van der Waals surface area (Å²) in [6.45, 7) is 6.46. The van der Waals surface area contributed by atoms with Crippen LogP contribution in [0.4, 0.5) is 31.7 Å². The lowest BCUT2D eigenvalue weighted by Gasteiger charge is -2.42. The maximum atomic E-state index is 13.7. The van der Waals surface area contributed by atoms with E-state index in [1.807, 2.05) is 25.2 Å². The SMILES string of the molecule is C=CC(=O)Nc1cc(Nc2cc(-c3ccc4c(cnn4C)c3)ncn2)c(OC(F)F)cc1N1CCC(N2CCO[C@H](C)C2)CC1. The summed E-state index contributed by atoms with van der Waals surface area (Å²) >= 11 is 0. The molecule has 0 aliphatic carbocycles. The summed E-state index contributed by atoms with van der Waals surface area (Å²) in [5.74, 6) is -0.130. The minimum atomic E-state index is -3.06. The number of morpholine rings is 1. The molecule has 4 heterocycles. The molecular formula is C32H36F2N8O3. The molecule has 1 atom stereocenters. The smallest absolute Gasteiger partial charge is 0.387 e. The van der Waals surface area contributed by atoms with Gasteiger partial charge < -0.3 is 25.0 Å². The summed E-state index contributed by atoms with van der Waals surface area (Å²) in [6.07, 6.45) is 6.32. The van der Waals surface area contributed by atoms with Crippen LogP contribution in [0.15, 0.2) is 61.6 Å². The fourth-order valence-electron chi connectivity index (χ4n) is 6.10. The van der Waals surface area contributed by atoms with Crippen LogP contribution in [-0.4, -0.2) is 82.1 Å². The predicted octanol–water partition coefficient (Wildman–Crippen LogP) is 5.19. The van der Waals surface area contributed by atoms with Crippen molar-refractivity contribution < 1.29 is 23.0 Å². The molecule has 0 bridgehead atoms. The lowest BCUT2D eigenvalue weighted by atomic mass is 10.0. The molecule has 2 aromatic heterocycles. The van der Waals surface area contributed by atoms with E-state index in [1.54, 1.807) is 29.1 Å². The number of amides is 1. The van der Waals surface area contributed by atoms with Crippen LogP contribution in [0.25, 0.3) is 22.2 Å². The fourth-order valence-corrected chi connectivity index (χ4v) is 6.10. The van der Waals surface area contributed by atoms with Crippen LogP contribution in [0, 0.1) is 0 Å². The molecule has 2 aliphatic rings. The van der Waals surface area contributed by atoms with Gasteiger partial charge >= 0.3 is 6.61 Å². The summed E-state index contributed by atoms with van der Waals surface area (Å²) in [5, 5.41) is 11.2. The molecule has 11 nitrogen and oxygen atoms in total. The second-order valence-corrected chi connectivity index (χ2v) is 11.3. The van der Waals surface area contributed by atoms with Gasteiger partial charge in [-0.3, -0.25) is 14.4 Å². The molecule has 0 spiro atoms. The van der Waals surface area contributed by atoms with Crippen molar-refractivity contribution in [3.63, 3.8) is 0 Å². The zero-order chi connectivity index (χ0) is 31.5. The van der Waals surface area contributed by atoms with Gasteiger partial charge in [-0.05, 0) is 44.0 Å². The molecule has 2 saturated heterocycles. The second kappa shape index (κ2) is 13.2. The largest absolute Gasteiger partial charge is 0.433 e. The van der Waals surface area contributed by atoms with E-state index in [4.69, 9.17) is 9.47 Å². The van der Waals surface area contributed by atoms with Gasteiger partial charge in [0.1, 0.15) is 12.1 Å². The van der Waals surface area contributed by atoms with Crippen molar-refractivity contribution in [2.45, 2.75) is 38.5 Å². The van der Waals surface area contributed by atoms with Crippen LogP contribution in [0.3, 0.4) is 0 Å². The molecule has 45 heavy (non-hydrogen) atoms. The Morgan fingerprint density at radius 1 is 1.13 bits per heavy atom. The number of hydrogen-bond donors (Lipinski definition) is 2. The molecule has 0 saturated carbocycles. The van der Waals surface area contributed by atoms with Crippen LogP contribution >= 0.6 is 0 Å². The maximum Gasteiger partial charge on any atom is 0.387 e. The highest BCUT2D eigenvalue weighted by atomic mass is 19.3. The van der Waals surface area contributed by atoms with Gasteiger partial charge in [-0.1, -0.05) is 12.6 Å². The Bertz CT molecular complexity index is 1690. The Hall–Kier alpha value is -4.62. The number of anilines is 4. The molecule has 6 rings (SSSR count). The number of carbonyl (C=O) groups is 1. The third-order valence-electron chi connectivity index (χ3n) is 8.32. The van der Waals surface area contributed by atoms with E-state index in [0.29, 0.717) is 42.0 Å². The zero-order valence-electron chi connectivity index (χ0n) is 25.2. The number of hydrogen-bond acceptors (Lipinski definition) is 9. The lowest BCUT2D eigenvalue weighted by Crippen LogP contribution is -2.51. The van der Waals surface area contributed by atoms with E-state index in [1.165, 1.54) is 12.4 Å². The Morgan fingerprint density at radius 2 is 1.96 bits per heavy atom. The van der Waals surface area contributed by atoms with Crippen LogP contribution in [0.1, 0.15) is 19.8 Å². The first-order chi connectivity index (χ1) is 21.8. The number of ether oxygens (including phenoxy) is 2. The van der Waals surface area contributed by atoms with Crippen molar-refractivity contribution in [3.05, 3.63) is 61.6 Å². The van der Waals surface area contributed by atoms with Crippen LogP contribution < -0.4 is 20.3 Å².